The number of aryl methyl sites for hydroxylation is 1. The first-order chi connectivity index (χ1) is 10.3. The van der Waals surface area contributed by atoms with E-state index in [1.807, 2.05) is 48.0 Å². The summed E-state index contributed by atoms with van der Waals surface area (Å²) in [5.41, 5.74) is 3.28. The molecule has 2 aromatic heterocycles. The molecule has 3 rings (SSSR count). The van der Waals surface area contributed by atoms with E-state index in [0.29, 0.717) is 11.4 Å². The summed E-state index contributed by atoms with van der Waals surface area (Å²) in [5, 5.41) is 17.1. The summed E-state index contributed by atoms with van der Waals surface area (Å²) in [6.07, 6.45) is 1.74. The van der Waals surface area contributed by atoms with Crippen molar-refractivity contribution in [3.8, 4) is 17.5 Å². The van der Waals surface area contributed by atoms with E-state index in [1.54, 1.807) is 17.4 Å². The average molecular weight is 293 g/mol. The molecule has 2 heterocycles. The molecule has 21 heavy (non-hydrogen) atoms. The smallest absolute Gasteiger partial charge is 0.268 e. The number of nitriles is 1. The molecule has 0 radical (unpaired) electrons. The van der Waals surface area contributed by atoms with Gasteiger partial charge >= 0.3 is 0 Å². The van der Waals surface area contributed by atoms with Crippen molar-refractivity contribution in [2.24, 2.45) is 0 Å². The molecule has 0 saturated carbocycles. The zero-order valence-corrected chi connectivity index (χ0v) is 12.1. The molecule has 0 aliphatic rings. The number of nitrogens with zero attached hydrogens (tertiary/aromatic N) is 3. The zero-order valence-electron chi connectivity index (χ0n) is 11.3. The van der Waals surface area contributed by atoms with Crippen molar-refractivity contribution < 1.29 is 4.52 Å². The van der Waals surface area contributed by atoms with Gasteiger partial charge in [-0.2, -0.15) is 21.6 Å². The molecule has 0 atom stereocenters. The maximum atomic E-state index is 9.27. The van der Waals surface area contributed by atoms with Gasteiger partial charge in [-0.15, -0.1) is 0 Å². The summed E-state index contributed by atoms with van der Waals surface area (Å²) in [5.74, 6) is 0.733. The Labute approximate surface area is 126 Å². The highest BCUT2D eigenvalue weighted by Gasteiger charge is 2.14. The third-order valence-electron chi connectivity index (χ3n) is 3.02. The Balaban J connectivity index is 1.98. The minimum absolute atomic E-state index is 0.238. The summed E-state index contributed by atoms with van der Waals surface area (Å²) < 4.78 is 5.23. The van der Waals surface area contributed by atoms with E-state index in [1.165, 1.54) is 0 Å². The van der Waals surface area contributed by atoms with E-state index in [2.05, 4.69) is 16.2 Å². The molecule has 0 aliphatic heterocycles. The van der Waals surface area contributed by atoms with Crippen LogP contribution in [0, 0.1) is 18.3 Å². The third kappa shape index (κ3) is 2.76. The lowest BCUT2D eigenvalue weighted by Gasteiger charge is -1.97. The van der Waals surface area contributed by atoms with Crippen molar-refractivity contribution in [3.63, 3.8) is 0 Å². The second-order valence-electron chi connectivity index (χ2n) is 4.46. The van der Waals surface area contributed by atoms with Crippen LogP contribution in [0.25, 0.3) is 23.0 Å². The van der Waals surface area contributed by atoms with Crippen molar-refractivity contribution in [2.45, 2.75) is 6.92 Å². The Bertz CT molecular complexity index is 825. The van der Waals surface area contributed by atoms with Crippen LogP contribution in [0.4, 0.5) is 0 Å². The van der Waals surface area contributed by atoms with Crippen LogP contribution in [-0.4, -0.2) is 10.1 Å². The molecule has 0 amide bonds. The van der Waals surface area contributed by atoms with Crippen molar-refractivity contribution in [1.82, 2.24) is 10.1 Å². The topological polar surface area (TPSA) is 62.7 Å². The second kappa shape index (κ2) is 5.73. The SMILES string of the molecule is Cc1ccccc1-c1noc(/C(C#N)=C\c2ccsc2)n1. The van der Waals surface area contributed by atoms with Crippen molar-refractivity contribution in [3.05, 3.63) is 58.1 Å². The van der Waals surface area contributed by atoms with Crippen LogP contribution >= 0.6 is 11.3 Å². The molecule has 0 unspecified atom stereocenters. The van der Waals surface area contributed by atoms with E-state index in [9.17, 15) is 5.26 Å². The van der Waals surface area contributed by atoms with E-state index >= 15 is 0 Å². The van der Waals surface area contributed by atoms with Crippen LogP contribution in [0.15, 0.2) is 45.6 Å². The van der Waals surface area contributed by atoms with E-state index in [-0.39, 0.29) is 5.89 Å². The van der Waals surface area contributed by atoms with Crippen LogP contribution in [0.2, 0.25) is 0 Å². The fourth-order valence-corrected chi connectivity index (χ4v) is 2.55. The molecule has 0 N–H and O–H groups in total. The van der Waals surface area contributed by atoms with Gasteiger partial charge in [0.25, 0.3) is 5.89 Å². The van der Waals surface area contributed by atoms with Crippen LogP contribution in [-0.2, 0) is 0 Å². The van der Waals surface area contributed by atoms with Crippen molar-refractivity contribution in [2.75, 3.05) is 0 Å². The molecule has 0 spiro atoms. The first-order valence-corrected chi connectivity index (χ1v) is 7.26. The molecule has 1 aromatic carbocycles. The van der Waals surface area contributed by atoms with E-state index in [4.69, 9.17) is 4.52 Å². The standard InChI is InChI=1S/C16H11N3OS/c1-11-4-2-3-5-14(11)15-18-16(20-19-15)13(9-17)8-12-6-7-21-10-12/h2-8,10H,1H3/b13-8-. The van der Waals surface area contributed by atoms with Gasteiger partial charge in [-0.25, -0.2) is 0 Å². The summed E-state index contributed by atoms with van der Waals surface area (Å²) in [6, 6.07) is 11.8. The number of benzene rings is 1. The normalized spacial score (nSPS) is 11.3. The van der Waals surface area contributed by atoms with Gasteiger partial charge in [0.05, 0.1) is 0 Å². The van der Waals surface area contributed by atoms with Crippen molar-refractivity contribution in [1.29, 1.82) is 5.26 Å². The quantitative estimate of drug-likeness (QED) is 0.680. The molecule has 0 bridgehead atoms. The van der Waals surface area contributed by atoms with Gasteiger partial charge in [-0.05, 0) is 41.0 Å². The predicted molar refractivity (Wildman–Crippen MR) is 82.3 cm³/mol. The molecule has 5 heteroatoms. The highest BCUT2D eigenvalue weighted by molar-refractivity contribution is 7.08. The van der Waals surface area contributed by atoms with Gasteiger partial charge < -0.3 is 4.52 Å². The number of allylic oxidation sites excluding steroid dienone is 1. The summed E-state index contributed by atoms with van der Waals surface area (Å²) >= 11 is 1.57. The van der Waals surface area contributed by atoms with Crippen molar-refractivity contribution >= 4 is 23.0 Å². The maximum absolute atomic E-state index is 9.27. The first-order valence-electron chi connectivity index (χ1n) is 6.32. The highest BCUT2D eigenvalue weighted by Crippen LogP contribution is 2.23. The molecule has 3 aromatic rings. The van der Waals surface area contributed by atoms with Gasteiger partial charge in [-0.1, -0.05) is 29.4 Å². The molecular weight excluding hydrogens is 282 g/mol. The number of rotatable bonds is 3. The molecular formula is C16H11N3OS. The van der Waals surface area contributed by atoms with Crippen LogP contribution in [0.5, 0.6) is 0 Å². The van der Waals surface area contributed by atoms with Crippen LogP contribution in [0.3, 0.4) is 0 Å². The maximum Gasteiger partial charge on any atom is 0.268 e. The molecule has 0 fully saturated rings. The highest BCUT2D eigenvalue weighted by atomic mass is 32.1. The monoisotopic (exact) mass is 293 g/mol. The number of hydrogen-bond acceptors (Lipinski definition) is 5. The number of hydrogen-bond donors (Lipinski definition) is 0. The average Bonchev–Trinajstić information content (AvgIpc) is 3.17. The number of aromatic nitrogens is 2. The van der Waals surface area contributed by atoms with Gasteiger partial charge in [-0.3, -0.25) is 0 Å². The van der Waals surface area contributed by atoms with Gasteiger partial charge in [0, 0.05) is 5.56 Å². The Morgan fingerprint density at radius 3 is 2.90 bits per heavy atom. The fraction of sp³-hybridized carbons (Fsp3) is 0.0625. The predicted octanol–water partition coefficient (Wildman–Crippen LogP) is 4.17. The Morgan fingerprint density at radius 1 is 1.33 bits per heavy atom. The largest absolute Gasteiger partial charge is 0.333 e. The Kier molecular flexibility index (Phi) is 3.63. The zero-order chi connectivity index (χ0) is 14.7. The third-order valence-corrected chi connectivity index (χ3v) is 3.72. The number of thiophene rings is 1. The summed E-state index contributed by atoms with van der Waals surface area (Å²) in [7, 11) is 0. The molecule has 0 aliphatic carbocycles. The first kappa shape index (κ1) is 13.3. The minimum atomic E-state index is 0.238. The molecule has 4 nitrogen and oxygen atoms in total. The Morgan fingerprint density at radius 2 is 2.19 bits per heavy atom. The summed E-state index contributed by atoms with van der Waals surface area (Å²) in [4.78, 5) is 4.33. The van der Waals surface area contributed by atoms with Crippen LogP contribution < -0.4 is 0 Å². The lowest BCUT2D eigenvalue weighted by molar-refractivity contribution is 0.409. The summed E-state index contributed by atoms with van der Waals surface area (Å²) in [6.45, 7) is 1.98. The molecule has 102 valence electrons. The lowest BCUT2D eigenvalue weighted by Crippen LogP contribution is -1.86. The molecule has 0 saturated heterocycles. The van der Waals surface area contributed by atoms with Gasteiger partial charge in [0.15, 0.2) is 0 Å². The van der Waals surface area contributed by atoms with Crippen LogP contribution in [0.1, 0.15) is 17.0 Å². The van der Waals surface area contributed by atoms with Gasteiger partial charge in [0.1, 0.15) is 11.6 Å². The van der Waals surface area contributed by atoms with E-state index in [0.717, 1.165) is 16.7 Å². The Hall–Kier alpha value is -2.71. The second-order valence-corrected chi connectivity index (χ2v) is 5.24. The fourth-order valence-electron chi connectivity index (χ4n) is 1.93. The minimum Gasteiger partial charge on any atom is -0.333 e. The lowest BCUT2D eigenvalue weighted by atomic mass is 10.1. The van der Waals surface area contributed by atoms with E-state index < -0.39 is 0 Å². The van der Waals surface area contributed by atoms with Gasteiger partial charge in [0.2, 0.25) is 5.82 Å².